The molecule has 0 bridgehead atoms. The number of aromatic nitrogens is 1. The normalized spacial score (nSPS) is 19.8. The summed E-state index contributed by atoms with van der Waals surface area (Å²) in [5, 5.41) is 1.12. The maximum Gasteiger partial charge on any atom is 0.139 e. The van der Waals surface area contributed by atoms with E-state index in [0.29, 0.717) is 6.04 Å². The third kappa shape index (κ3) is 1.97. The fraction of sp³-hybridized carbons (Fsp3) is 0.500. The van der Waals surface area contributed by atoms with Gasteiger partial charge in [0.05, 0.1) is 11.6 Å². The number of rotatable bonds is 4. The molecule has 2 N–H and O–H groups in total. The summed E-state index contributed by atoms with van der Waals surface area (Å²) in [6.07, 6.45) is 8.30. The predicted molar refractivity (Wildman–Crippen MR) is 72.7 cm³/mol. The number of anilines is 1. The number of nitrogens with zero attached hydrogens (tertiary/aromatic N) is 2. The first-order valence-corrected chi connectivity index (χ1v) is 6.69. The molecule has 3 heterocycles. The number of furan rings is 1. The summed E-state index contributed by atoms with van der Waals surface area (Å²) in [6, 6.07) is 4.52. The van der Waals surface area contributed by atoms with Crippen molar-refractivity contribution in [3.8, 4) is 0 Å². The Morgan fingerprint density at radius 2 is 2.39 bits per heavy atom. The SMILES string of the molecule is NCCCC1CCCN1c1nccc2occc12. The van der Waals surface area contributed by atoms with Crippen molar-refractivity contribution in [3.63, 3.8) is 0 Å². The average Bonchev–Trinajstić information content (AvgIpc) is 3.04. The summed E-state index contributed by atoms with van der Waals surface area (Å²) >= 11 is 0. The van der Waals surface area contributed by atoms with Crippen molar-refractivity contribution in [1.82, 2.24) is 4.98 Å². The first-order chi connectivity index (χ1) is 8.90. The third-order valence-electron chi connectivity index (χ3n) is 3.75. The van der Waals surface area contributed by atoms with E-state index in [1.165, 1.54) is 12.8 Å². The maximum atomic E-state index is 5.62. The number of fused-ring (bicyclic) bond motifs is 1. The summed E-state index contributed by atoms with van der Waals surface area (Å²) in [4.78, 5) is 6.98. The second kappa shape index (κ2) is 4.98. The van der Waals surface area contributed by atoms with Crippen LogP contribution >= 0.6 is 0 Å². The molecule has 1 fully saturated rings. The monoisotopic (exact) mass is 245 g/mol. The van der Waals surface area contributed by atoms with Crippen LogP contribution in [0.15, 0.2) is 29.0 Å². The minimum absolute atomic E-state index is 0.585. The molecule has 1 aliphatic heterocycles. The molecule has 4 heteroatoms. The van der Waals surface area contributed by atoms with Crippen LogP contribution in [0.3, 0.4) is 0 Å². The van der Waals surface area contributed by atoms with Crippen molar-refractivity contribution in [2.75, 3.05) is 18.0 Å². The van der Waals surface area contributed by atoms with Gasteiger partial charge in [0.25, 0.3) is 0 Å². The van der Waals surface area contributed by atoms with E-state index in [1.807, 2.05) is 18.3 Å². The zero-order valence-corrected chi connectivity index (χ0v) is 10.5. The largest absolute Gasteiger partial charge is 0.464 e. The van der Waals surface area contributed by atoms with Crippen LogP contribution in [0.5, 0.6) is 0 Å². The molecule has 0 spiro atoms. The smallest absolute Gasteiger partial charge is 0.139 e. The van der Waals surface area contributed by atoms with Crippen LogP contribution in [-0.4, -0.2) is 24.1 Å². The summed E-state index contributed by atoms with van der Waals surface area (Å²) < 4.78 is 5.45. The van der Waals surface area contributed by atoms with Gasteiger partial charge in [0.15, 0.2) is 0 Å². The number of hydrogen-bond acceptors (Lipinski definition) is 4. The first kappa shape index (κ1) is 11.5. The Bertz CT molecular complexity index is 522. The molecule has 0 radical (unpaired) electrons. The molecule has 3 rings (SSSR count). The predicted octanol–water partition coefficient (Wildman–Crippen LogP) is 2.54. The Hall–Kier alpha value is -1.55. The number of pyridine rings is 1. The first-order valence-electron chi connectivity index (χ1n) is 6.69. The highest BCUT2D eigenvalue weighted by molar-refractivity contribution is 5.88. The molecule has 4 nitrogen and oxygen atoms in total. The van der Waals surface area contributed by atoms with E-state index in [0.717, 1.165) is 42.7 Å². The van der Waals surface area contributed by atoms with Gasteiger partial charge < -0.3 is 15.1 Å². The van der Waals surface area contributed by atoms with Crippen molar-refractivity contribution in [2.45, 2.75) is 31.7 Å². The van der Waals surface area contributed by atoms with Gasteiger partial charge in [-0.25, -0.2) is 4.98 Å². The van der Waals surface area contributed by atoms with E-state index >= 15 is 0 Å². The van der Waals surface area contributed by atoms with Gasteiger partial charge in [-0.2, -0.15) is 0 Å². The lowest BCUT2D eigenvalue weighted by molar-refractivity contribution is 0.583. The van der Waals surface area contributed by atoms with Crippen molar-refractivity contribution < 1.29 is 4.42 Å². The van der Waals surface area contributed by atoms with E-state index in [4.69, 9.17) is 10.2 Å². The molecule has 2 aromatic rings. The molecule has 2 aromatic heterocycles. The molecule has 0 aromatic carbocycles. The average molecular weight is 245 g/mol. The fourth-order valence-corrected chi connectivity index (χ4v) is 2.88. The minimum atomic E-state index is 0.585. The molecule has 0 saturated carbocycles. The molecule has 1 aliphatic rings. The van der Waals surface area contributed by atoms with Gasteiger partial charge in [-0.3, -0.25) is 0 Å². The van der Waals surface area contributed by atoms with E-state index in [9.17, 15) is 0 Å². The van der Waals surface area contributed by atoms with Crippen LogP contribution in [0.1, 0.15) is 25.7 Å². The quantitative estimate of drug-likeness (QED) is 0.899. The lowest BCUT2D eigenvalue weighted by Crippen LogP contribution is -2.30. The Morgan fingerprint density at radius 1 is 1.44 bits per heavy atom. The topological polar surface area (TPSA) is 55.3 Å². The highest BCUT2D eigenvalue weighted by atomic mass is 16.3. The molecular formula is C14H19N3O. The van der Waals surface area contributed by atoms with E-state index in [-0.39, 0.29) is 0 Å². The summed E-state index contributed by atoms with van der Waals surface area (Å²) in [7, 11) is 0. The third-order valence-corrected chi connectivity index (χ3v) is 3.75. The van der Waals surface area contributed by atoms with Gasteiger partial charge in [0.1, 0.15) is 11.4 Å². The van der Waals surface area contributed by atoms with Crippen LogP contribution in [0.25, 0.3) is 11.0 Å². The molecule has 0 aliphatic carbocycles. The number of nitrogens with two attached hydrogens (primary N) is 1. The van der Waals surface area contributed by atoms with E-state index in [1.54, 1.807) is 6.26 Å². The zero-order chi connectivity index (χ0) is 12.4. The highest BCUT2D eigenvalue weighted by Crippen LogP contribution is 2.32. The molecule has 0 amide bonds. The Kier molecular flexibility index (Phi) is 3.19. The summed E-state index contributed by atoms with van der Waals surface area (Å²) in [5.74, 6) is 1.07. The minimum Gasteiger partial charge on any atom is -0.464 e. The number of hydrogen-bond donors (Lipinski definition) is 1. The van der Waals surface area contributed by atoms with Crippen molar-refractivity contribution in [1.29, 1.82) is 0 Å². The van der Waals surface area contributed by atoms with Crippen molar-refractivity contribution in [3.05, 3.63) is 24.6 Å². The summed E-state index contributed by atoms with van der Waals surface area (Å²) in [5.41, 5.74) is 6.54. The van der Waals surface area contributed by atoms with Gasteiger partial charge >= 0.3 is 0 Å². The maximum absolute atomic E-state index is 5.62. The van der Waals surface area contributed by atoms with Crippen LogP contribution in [0, 0.1) is 0 Å². The van der Waals surface area contributed by atoms with Crippen LogP contribution in [0.4, 0.5) is 5.82 Å². The van der Waals surface area contributed by atoms with Gasteiger partial charge in [0.2, 0.25) is 0 Å². The van der Waals surface area contributed by atoms with Crippen LogP contribution in [-0.2, 0) is 0 Å². The molecule has 1 unspecified atom stereocenters. The molecule has 1 atom stereocenters. The molecule has 1 saturated heterocycles. The fourth-order valence-electron chi connectivity index (χ4n) is 2.88. The Balaban J connectivity index is 1.90. The standard InChI is InChI=1S/C14H19N3O/c15-7-1-3-11-4-2-9-17(11)14-12-6-10-18-13(12)5-8-16-14/h5-6,8,10-11H,1-4,7,9,15H2. The molecule has 18 heavy (non-hydrogen) atoms. The van der Waals surface area contributed by atoms with Gasteiger partial charge in [0, 0.05) is 18.8 Å². The Labute approximate surface area is 107 Å². The van der Waals surface area contributed by atoms with Gasteiger partial charge in [-0.15, -0.1) is 0 Å². The van der Waals surface area contributed by atoms with Gasteiger partial charge in [-0.05, 0) is 44.4 Å². The lowest BCUT2D eigenvalue weighted by atomic mass is 10.1. The Morgan fingerprint density at radius 3 is 3.28 bits per heavy atom. The lowest BCUT2D eigenvalue weighted by Gasteiger charge is -2.26. The molecule has 96 valence electrons. The second-order valence-electron chi connectivity index (χ2n) is 4.89. The highest BCUT2D eigenvalue weighted by Gasteiger charge is 2.26. The van der Waals surface area contributed by atoms with E-state index in [2.05, 4.69) is 9.88 Å². The van der Waals surface area contributed by atoms with Crippen LogP contribution in [0.2, 0.25) is 0 Å². The van der Waals surface area contributed by atoms with Crippen molar-refractivity contribution in [2.24, 2.45) is 5.73 Å². The molecular weight excluding hydrogens is 226 g/mol. The van der Waals surface area contributed by atoms with Crippen molar-refractivity contribution >= 4 is 16.8 Å². The zero-order valence-electron chi connectivity index (χ0n) is 10.5. The van der Waals surface area contributed by atoms with E-state index < -0.39 is 0 Å². The van der Waals surface area contributed by atoms with Crippen LogP contribution < -0.4 is 10.6 Å². The van der Waals surface area contributed by atoms with Gasteiger partial charge in [-0.1, -0.05) is 0 Å². The summed E-state index contributed by atoms with van der Waals surface area (Å²) in [6.45, 7) is 1.86. The second-order valence-corrected chi connectivity index (χ2v) is 4.89.